The third-order valence-electron chi connectivity index (χ3n) is 3.66. The van der Waals surface area contributed by atoms with E-state index in [9.17, 15) is 9.90 Å². The highest BCUT2D eigenvalue weighted by Gasteiger charge is 2.19. The van der Waals surface area contributed by atoms with Gasteiger partial charge in [-0.15, -0.1) is 0 Å². The van der Waals surface area contributed by atoms with Crippen LogP contribution in [0.4, 0.5) is 0 Å². The van der Waals surface area contributed by atoms with Gasteiger partial charge in [-0.05, 0) is 55.4 Å². The Hall–Kier alpha value is -1.32. The first kappa shape index (κ1) is 15.1. The Morgan fingerprint density at radius 2 is 2.10 bits per heavy atom. The van der Waals surface area contributed by atoms with E-state index in [1.807, 2.05) is 18.2 Å². The van der Waals surface area contributed by atoms with Crippen LogP contribution in [0.3, 0.4) is 0 Å². The molecule has 0 atom stereocenters. The number of aliphatic hydroxyl groups is 1. The van der Waals surface area contributed by atoms with Gasteiger partial charge < -0.3 is 10.4 Å². The predicted octanol–water partition coefficient (Wildman–Crippen LogP) is 3.02. The molecule has 108 valence electrons. The Morgan fingerprint density at radius 1 is 1.35 bits per heavy atom. The van der Waals surface area contributed by atoms with Gasteiger partial charge in [0.25, 0.3) is 0 Å². The molecule has 20 heavy (non-hydrogen) atoms. The maximum absolute atomic E-state index is 11.7. The fraction of sp³-hybridized carbons (Fsp3) is 0.438. The van der Waals surface area contributed by atoms with Crippen molar-refractivity contribution in [3.8, 4) is 0 Å². The van der Waals surface area contributed by atoms with Crippen LogP contribution in [-0.2, 0) is 4.79 Å². The SMILES string of the molecule is O=C(/C=C/c1cccc(Cl)c1)NCC1CCC(O)CC1. The van der Waals surface area contributed by atoms with Crippen LogP contribution in [0.15, 0.2) is 30.3 Å². The molecule has 1 aliphatic carbocycles. The third-order valence-corrected chi connectivity index (χ3v) is 3.89. The minimum absolute atomic E-state index is 0.0869. The van der Waals surface area contributed by atoms with E-state index in [-0.39, 0.29) is 12.0 Å². The number of carbonyl (C=O) groups is 1. The third kappa shape index (κ3) is 4.99. The van der Waals surface area contributed by atoms with Crippen LogP contribution in [0.25, 0.3) is 6.08 Å². The van der Waals surface area contributed by atoms with Crippen molar-refractivity contribution in [3.63, 3.8) is 0 Å². The van der Waals surface area contributed by atoms with E-state index in [4.69, 9.17) is 11.6 Å². The number of amides is 1. The molecule has 1 saturated carbocycles. The second-order valence-electron chi connectivity index (χ2n) is 5.31. The molecule has 0 radical (unpaired) electrons. The summed E-state index contributed by atoms with van der Waals surface area (Å²) in [4.78, 5) is 11.7. The van der Waals surface area contributed by atoms with Gasteiger partial charge in [-0.2, -0.15) is 0 Å². The average Bonchev–Trinajstić information content (AvgIpc) is 2.45. The Bertz CT molecular complexity index is 479. The highest BCUT2D eigenvalue weighted by molar-refractivity contribution is 6.30. The summed E-state index contributed by atoms with van der Waals surface area (Å²) in [5.74, 6) is 0.401. The van der Waals surface area contributed by atoms with Crippen molar-refractivity contribution in [2.45, 2.75) is 31.8 Å². The number of hydrogen-bond donors (Lipinski definition) is 2. The first-order valence-electron chi connectivity index (χ1n) is 7.03. The maximum atomic E-state index is 11.7. The minimum Gasteiger partial charge on any atom is -0.393 e. The van der Waals surface area contributed by atoms with E-state index < -0.39 is 0 Å². The molecule has 1 fully saturated rings. The molecule has 0 aliphatic heterocycles. The molecule has 0 heterocycles. The van der Waals surface area contributed by atoms with E-state index in [1.165, 1.54) is 6.08 Å². The fourth-order valence-corrected chi connectivity index (χ4v) is 2.63. The highest BCUT2D eigenvalue weighted by Crippen LogP contribution is 2.23. The van der Waals surface area contributed by atoms with Crippen molar-refractivity contribution in [1.29, 1.82) is 0 Å². The molecule has 2 rings (SSSR count). The van der Waals surface area contributed by atoms with Gasteiger partial charge in [0.05, 0.1) is 6.10 Å². The average molecular weight is 294 g/mol. The van der Waals surface area contributed by atoms with Gasteiger partial charge in [-0.3, -0.25) is 4.79 Å². The van der Waals surface area contributed by atoms with Crippen LogP contribution in [0.1, 0.15) is 31.2 Å². The standard InChI is InChI=1S/C16H20ClNO2/c17-14-3-1-2-12(10-14)6-9-16(20)18-11-13-4-7-15(19)8-5-13/h1-3,6,9-10,13,15,19H,4-5,7-8,11H2,(H,18,20)/b9-6+. The first-order valence-corrected chi connectivity index (χ1v) is 7.41. The van der Waals surface area contributed by atoms with Crippen LogP contribution in [0.5, 0.6) is 0 Å². The number of benzene rings is 1. The zero-order valence-electron chi connectivity index (χ0n) is 11.4. The Morgan fingerprint density at radius 3 is 2.80 bits per heavy atom. The minimum atomic E-state index is -0.148. The zero-order chi connectivity index (χ0) is 14.4. The molecule has 3 nitrogen and oxygen atoms in total. The Kier molecular flexibility index (Phi) is 5.62. The lowest BCUT2D eigenvalue weighted by molar-refractivity contribution is -0.116. The van der Waals surface area contributed by atoms with Crippen LogP contribution in [-0.4, -0.2) is 23.7 Å². The second-order valence-corrected chi connectivity index (χ2v) is 5.74. The van der Waals surface area contributed by atoms with Crippen LogP contribution >= 0.6 is 11.6 Å². The predicted molar refractivity (Wildman–Crippen MR) is 81.5 cm³/mol. The number of hydrogen-bond acceptors (Lipinski definition) is 2. The van der Waals surface area contributed by atoms with Gasteiger partial charge in [-0.25, -0.2) is 0 Å². The number of halogens is 1. The molecule has 1 aromatic carbocycles. The summed E-state index contributed by atoms with van der Waals surface area (Å²) in [6.07, 6.45) is 6.80. The van der Waals surface area contributed by atoms with Crippen LogP contribution in [0, 0.1) is 5.92 Å². The van der Waals surface area contributed by atoms with Gasteiger partial charge >= 0.3 is 0 Å². The maximum Gasteiger partial charge on any atom is 0.244 e. The van der Waals surface area contributed by atoms with Crippen molar-refractivity contribution >= 4 is 23.6 Å². The van der Waals surface area contributed by atoms with Gasteiger partial charge in [-0.1, -0.05) is 23.7 Å². The molecule has 4 heteroatoms. The fourth-order valence-electron chi connectivity index (χ4n) is 2.44. The summed E-state index contributed by atoms with van der Waals surface area (Å²) in [5, 5.41) is 13.0. The molecule has 1 aromatic rings. The van der Waals surface area contributed by atoms with Gasteiger partial charge in [0.15, 0.2) is 0 Å². The van der Waals surface area contributed by atoms with Crippen molar-refractivity contribution in [1.82, 2.24) is 5.32 Å². The van der Waals surface area contributed by atoms with Gasteiger partial charge in [0.2, 0.25) is 5.91 Å². The summed E-state index contributed by atoms with van der Waals surface area (Å²) in [5.41, 5.74) is 0.911. The monoisotopic (exact) mass is 293 g/mol. The van der Waals surface area contributed by atoms with Crippen molar-refractivity contribution < 1.29 is 9.90 Å². The van der Waals surface area contributed by atoms with E-state index in [2.05, 4.69) is 5.32 Å². The van der Waals surface area contributed by atoms with E-state index in [0.717, 1.165) is 31.2 Å². The molecule has 0 bridgehead atoms. The summed E-state index contributed by atoms with van der Waals surface area (Å²) in [6, 6.07) is 7.37. The lowest BCUT2D eigenvalue weighted by atomic mass is 9.87. The smallest absolute Gasteiger partial charge is 0.244 e. The lowest BCUT2D eigenvalue weighted by Gasteiger charge is -2.25. The molecule has 2 N–H and O–H groups in total. The number of carbonyl (C=O) groups excluding carboxylic acids is 1. The Balaban J connectivity index is 1.75. The molecule has 0 aromatic heterocycles. The summed E-state index contributed by atoms with van der Waals surface area (Å²) in [6.45, 7) is 0.686. The largest absolute Gasteiger partial charge is 0.393 e. The topological polar surface area (TPSA) is 49.3 Å². The lowest BCUT2D eigenvalue weighted by Crippen LogP contribution is -2.31. The van der Waals surface area contributed by atoms with Crippen LogP contribution in [0.2, 0.25) is 5.02 Å². The second kappa shape index (κ2) is 7.46. The zero-order valence-corrected chi connectivity index (χ0v) is 12.1. The number of nitrogens with one attached hydrogen (secondary N) is 1. The molecule has 0 spiro atoms. The van der Waals surface area contributed by atoms with E-state index >= 15 is 0 Å². The quantitative estimate of drug-likeness (QED) is 0.839. The van der Waals surface area contributed by atoms with Crippen LogP contribution < -0.4 is 5.32 Å². The molecular formula is C16H20ClNO2. The molecule has 0 unspecified atom stereocenters. The first-order chi connectivity index (χ1) is 9.63. The van der Waals surface area contributed by atoms with Crippen molar-refractivity contribution in [3.05, 3.63) is 40.9 Å². The number of aliphatic hydroxyl groups excluding tert-OH is 1. The van der Waals surface area contributed by atoms with Gasteiger partial charge in [0, 0.05) is 17.6 Å². The summed E-state index contributed by atoms with van der Waals surface area (Å²) in [7, 11) is 0. The molecule has 0 saturated heterocycles. The van der Waals surface area contributed by atoms with Crippen molar-refractivity contribution in [2.75, 3.05) is 6.54 Å². The Labute approximate surface area is 124 Å². The normalized spacial score (nSPS) is 22.9. The number of rotatable bonds is 4. The van der Waals surface area contributed by atoms with Gasteiger partial charge in [0.1, 0.15) is 0 Å². The highest BCUT2D eigenvalue weighted by atomic mass is 35.5. The van der Waals surface area contributed by atoms with Crippen molar-refractivity contribution in [2.24, 2.45) is 5.92 Å². The van der Waals surface area contributed by atoms with E-state index in [0.29, 0.717) is 17.5 Å². The summed E-state index contributed by atoms with van der Waals surface area (Å²) >= 11 is 5.88. The molecule has 1 amide bonds. The summed E-state index contributed by atoms with van der Waals surface area (Å²) < 4.78 is 0. The van der Waals surface area contributed by atoms with E-state index in [1.54, 1.807) is 12.1 Å². The molecule has 1 aliphatic rings. The molecular weight excluding hydrogens is 274 g/mol.